The molecule has 0 aliphatic rings. The lowest BCUT2D eigenvalue weighted by atomic mass is 10.1. The van der Waals surface area contributed by atoms with Gasteiger partial charge in [0.05, 0.1) is 22.9 Å². The quantitative estimate of drug-likeness (QED) is 0.571. The second kappa shape index (κ2) is 8.07. The molecule has 0 fully saturated rings. The zero-order valence-corrected chi connectivity index (χ0v) is 15.6. The van der Waals surface area contributed by atoms with E-state index in [4.69, 9.17) is 4.74 Å². The van der Waals surface area contributed by atoms with E-state index in [1.165, 1.54) is 12.1 Å². The van der Waals surface area contributed by atoms with E-state index in [-0.39, 0.29) is 11.8 Å². The molecule has 2 aromatic heterocycles. The van der Waals surface area contributed by atoms with Gasteiger partial charge < -0.3 is 20.0 Å². The lowest BCUT2D eigenvalue weighted by molar-refractivity contribution is 0.102. The summed E-state index contributed by atoms with van der Waals surface area (Å²) in [4.78, 5) is 23.2. The lowest BCUT2D eigenvalue weighted by Crippen LogP contribution is -2.14. The second-order valence-corrected chi connectivity index (χ2v) is 6.51. The molecule has 6 nitrogen and oxygen atoms in total. The predicted molar refractivity (Wildman–Crippen MR) is 102 cm³/mol. The first kappa shape index (κ1) is 18.7. The molecule has 0 radical (unpaired) electrons. The fourth-order valence-corrected chi connectivity index (χ4v) is 2.90. The zero-order chi connectivity index (χ0) is 19.4. The van der Waals surface area contributed by atoms with Gasteiger partial charge in [0.25, 0.3) is 5.91 Å². The molecule has 0 saturated heterocycles. The summed E-state index contributed by atoms with van der Waals surface area (Å²) in [6, 6.07) is 4.39. The van der Waals surface area contributed by atoms with Crippen LogP contribution in [0.2, 0.25) is 0 Å². The third-order valence-corrected chi connectivity index (χ3v) is 4.00. The number of ether oxygens (including phenoxy) is 1. The first-order valence-corrected chi connectivity index (χ1v) is 8.97. The van der Waals surface area contributed by atoms with Crippen molar-refractivity contribution in [1.29, 1.82) is 0 Å². The van der Waals surface area contributed by atoms with E-state index in [1.807, 2.05) is 13.8 Å². The van der Waals surface area contributed by atoms with Gasteiger partial charge in [-0.25, -0.2) is 9.37 Å². The number of carbonyl (C=O) groups excluding carboxylic acids is 1. The van der Waals surface area contributed by atoms with E-state index in [9.17, 15) is 9.18 Å². The number of H-pyrrole nitrogens is 2. The molecule has 27 heavy (non-hydrogen) atoms. The molecule has 0 unspecified atom stereocenters. The third kappa shape index (κ3) is 4.19. The molecule has 1 amide bonds. The molecule has 3 rings (SSSR count). The first-order chi connectivity index (χ1) is 13.0. The highest BCUT2D eigenvalue weighted by Crippen LogP contribution is 2.28. The Balaban J connectivity index is 1.87. The van der Waals surface area contributed by atoms with Crippen molar-refractivity contribution < 1.29 is 13.9 Å². The van der Waals surface area contributed by atoms with Crippen LogP contribution < -0.4 is 10.1 Å². The number of hydrogen-bond acceptors (Lipinski definition) is 3. The number of hydrogen-bond donors (Lipinski definition) is 3. The summed E-state index contributed by atoms with van der Waals surface area (Å²) in [5.74, 6) is 0.0662. The number of amides is 1. The van der Waals surface area contributed by atoms with Crippen LogP contribution in [0.5, 0.6) is 5.75 Å². The van der Waals surface area contributed by atoms with E-state index >= 15 is 0 Å². The maximum absolute atomic E-state index is 14.4. The number of rotatable bonds is 7. The summed E-state index contributed by atoms with van der Waals surface area (Å²) in [5.41, 5.74) is 2.13. The van der Waals surface area contributed by atoms with E-state index < -0.39 is 11.7 Å². The number of carbonyl (C=O) groups is 1. The number of nitrogens with zero attached hydrogens (tertiary/aromatic N) is 1. The molecule has 0 spiro atoms. The fourth-order valence-electron chi connectivity index (χ4n) is 2.90. The largest absolute Gasteiger partial charge is 0.491 e. The monoisotopic (exact) mass is 370 g/mol. The highest BCUT2D eigenvalue weighted by Gasteiger charge is 2.21. The maximum Gasteiger partial charge on any atom is 0.258 e. The molecule has 3 N–H and O–H groups in total. The number of imidazole rings is 1. The Kier molecular flexibility index (Phi) is 5.59. The van der Waals surface area contributed by atoms with Gasteiger partial charge in [-0.15, -0.1) is 0 Å². The Morgan fingerprint density at radius 2 is 2.15 bits per heavy atom. The van der Waals surface area contributed by atoms with Crippen LogP contribution >= 0.6 is 0 Å². The minimum Gasteiger partial charge on any atom is -0.491 e. The SMILES string of the molecule is CCCc1[nH]cc(C(=O)Nc2ccc(OC(C)C)cc2F)c1-c1ncc[nH]1. The summed E-state index contributed by atoms with van der Waals surface area (Å²) in [6.45, 7) is 5.79. The smallest absolute Gasteiger partial charge is 0.258 e. The molecule has 0 aliphatic carbocycles. The Hall–Kier alpha value is -3.09. The van der Waals surface area contributed by atoms with Crippen molar-refractivity contribution in [2.75, 3.05) is 5.32 Å². The number of nitrogens with one attached hydrogen (secondary N) is 3. The van der Waals surface area contributed by atoms with Crippen molar-refractivity contribution in [1.82, 2.24) is 15.0 Å². The van der Waals surface area contributed by atoms with Crippen molar-refractivity contribution in [2.45, 2.75) is 39.7 Å². The summed E-state index contributed by atoms with van der Waals surface area (Å²) in [6.07, 6.45) is 6.60. The van der Waals surface area contributed by atoms with Crippen LogP contribution in [0.4, 0.5) is 10.1 Å². The van der Waals surface area contributed by atoms with E-state index in [0.717, 1.165) is 18.5 Å². The zero-order valence-electron chi connectivity index (χ0n) is 15.6. The Labute approximate surface area is 157 Å². The Bertz CT molecular complexity index is 916. The van der Waals surface area contributed by atoms with Gasteiger partial charge >= 0.3 is 0 Å². The summed E-state index contributed by atoms with van der Waals surface area (Å²) in [5, 5.41) is 2.63. The van der Waals surface area contributed by atoms with Gasteiger partial charge in [-0.05, 0) is 32.4 Å². The highest BCUT2D eigenvalue weighted by molar-refractivity contribution is 6.08. The number of aromatic amines is 2. The summed E-state index contributed by atoms with van der Waals surface area (Å²) < 4.78 is 19.8. The molecule has 1 aromatic carbocycles. The molecule has 0 bridgehead atoms. The minimum absolute atomic E-state index is 0.0578. The summed E-state index contributed by atoms with van der Waals surface area (Å²) >= 11 is 0. The van der Waals surface area contributed by atoms with Crippen LogP contribution in [0.1, 0.15) is 43.2 Å². The van der Waals surface area contributed by atoms with Crippen molar-refractivity contribution in [2.24, 2.45) is 0 Å². The van der Waals surface area contributed by atoms with Gasteiger partial charge in [0.2, 0.25) is 0 Å². The maximum atomic E-state index is 14.4. The van der Waals surface area contributed by atoms with Crippen LogP contribution in [0.25, 0.3) is 11.4 Å². The van der Waals surface area contributed by atoms with Crippen LogP contribution in [0.15, 0.2) is 36.8 Å². The molecular weight excluding hydrogens is 347 g/mol. The molecular formula is C20H23FN4O2. The van der Waals surface area contributed by atoms with Crippen molar-refractivity contribution >= 4 is 11.6 Å². The average molecular weight is 370 g/mol. The lowest BCUT2D eigenvalue weighted by Gasteiger charge is -2.12. The topological polar surface area (TPSA) is 82.8 Å². The van der Waals surface area contributed by atoms with E-state index in [1.54, 1.807) is 24.7 Å². The van der Waals surface area contributed by atoms with Crippen LogP contribution in [-0.4, -0.2) is 27.0 Å². The van der Waals surface area contributed by atoms with E-state index in [2.05, 4.69) is 27.2 Å². The normalized spacial score (nSPS) is 11.0. The number of benzene rings is 1. The van der Waals surface area contributed by atoms with Gasteiger partial charge in [-0.3, -0.25) is 4.79 Å². The molecule has 2 heterocycles. The van der Waals surface area contributed by atoms with Crippen molar-refractivity contribution in [3.63, 3.8) is 0 Å². The van der Waals surface area contributed by atoms with Gasteiger partial charge in [0.1, 0.15) is 17.4 Å². The van der Waals surface area contributed by atoms with Crippen LogP contribution in [0.3, 0.4) is 0 Å². The number of aryl methyl sites for hydroxylation is 1. The predicted octanol–water partition coefficient (Wildman–Crippen LogP) is 4.54. The average Bonchev–Trinajstić information content (AvgIpc) is 3.26. The molecule has 0 atom stereocenters. The first-order valence-electron chi connectivity index (χ1n) is 8.97. The number of aromatic nitrogens is 3. The van der Waals surface area contributed by atoms with Crippen LogP contribution in [-0.2, 0) is 6.42 Å². The van der Waals surface area contributed by atoms with Crippen molar-refractivity contribution in [3.05, 3.63) is 53.9 Å². The third-order valence-electron chi connectivity index (χ3n) is 4.00. The standard InChI is InChI=1S/C20H23FN4O2/c1-4-5-17-18(19-22-8-9-23-19)14(11-24-17)20(26)25-16-7-6-13(10-15(16)21)27-12(2)3/h6-12,24H,4-5H2,1-3H3,(H,22,23)(H,25,26). The van der Waals surface area contributed by atoms with Gasteiger partial charge in [-0.1, -0.05) is 13.3 Å². The molecule has 0 saturated carbocycles. The molecule has 7 heteroatoms. The molecule has 142 valence electrons. The Morgan fingerprint density at radius 1 is 1.33 bits per heavy atom. The summed E-state index contributed by atoms with van der Waals surface area (Å²) in [7, 11) is 0. The molecule has 0 aliphatic heterocycles. The van der Waals surface area contributed by atoms with Crippen LogP contribution in [0, 0.1) is 5.82 Å². The fraction of sp³-hybridized carbons (Fsp3) is 0.300. The van der Waals surface area contributed by atoms with Gasteiger partial charge in [-0.2, -0.15) is 0 Å². The minimum atomic E-state index is -0.551. The van der Waals surface area contributed by atoms with Gasteiger partial charge in [0, 0.05) is 30.4 Å². The van der Waals surface area contributed by atoms with Gasteiger partial charge in [0.15, 0.2) is 0 Å². The van der Waals surface area contributed by atoms with Crippen molar-refractivity contribution in [3.8, 4) is 17.1 Å². The van der Waals surface area contributed by atoms with E-state index in [0.29, 0.717) is 22.7 Å². The molecule has 3 aromatic rings. The highest BCUT2D eigenvalue weighted by atomic mass is 19.1. The Morgan fingerprint density at radius 3 is 2.78 bits per heavy atom. The second-order valence-electron chi connectivity index (χ2n) is 6.51. The number of anilines is 1. The number of halogens is 1.